The van der Waals surface area contributed by atoms with Gasteiger partial charge >= 0.3 is 0 Å². The third kappa shape index (κ3) is 2.19. The van der Waals surface area contributed by atoms with E-state index in [4.69, 9.17) is 5.11 Å². The lowest BCUT2D eigenvalue weighted by molar-refractivity contribution is 0.282. The summed E-state index contributed by atoms with van der Waals surface area (Å²) in [5, 5.41) is 8.97. The second-order valence-electron chi connectivity index (χ2n) is 3.21. The Bertz CT molecular complexity index is 453. The zero-order chi connectivity index (χ0) is 10.7. The van der Waals surface area contributed by atoms with Gasteiger partial charge in [0.15, 0.2) is 0 Å². The predicted molar refractivity (Wildman–Crippen MR) is 55.6 cm³/mol. The van der Waals surface area contributed by atoms with Gasteiger partial charge < -0.3 is 5.11 Å². The lowest BCUT2D eigenvalue weighted by Gasteiger charge is -2.02. The standard InChI is InChI=1S/C12H10FNO/c13-11-3-1-10(2-4-11)12-7-9(8-15)5-6-14-12/h1-7,15H,8H2. The molecule has 76 valence electrons. The maximum atomic E-state index is 12.7. The summed E-state index contributed by atoms with van der Waals surface area (Å²) in [6.45, 7) is -0.0171. The van der Waals surface area contributed by atoms with Gasteiger partial charge in [0.1, 0.15) is 5.82 Å². The number of pyridine rings is 1. The average molecular weight is 203 g/mol. The second kappa shape index (κ2) is 4.19. The molecule has 0 aliphatic carbocycles. The van der Waals surface area contributed by atoms with Crippen molar-refractivity contribution in [2.75, 3.05) is 0 Å². The number of benzene rings is 1. The van der Waals surface area contributed by atoms with Crippen LogP contribution in [0.4, 0.5) is 4.39 Å². The van der Waals surface area contributed by atoms with E-state index in [-0.39, 0.29) is 12.4 Å². The van der Waals surface area contributed by atoms with E-state index in [0.717, 1.165) is 16.8 Å². The van der Waals surface area contributed by atoms with Gasteiger partial charge in [0.05, 0.1) is 12.3 Å². The molecule has 2 aromatic rings. The van der Waals surface area contributed by atoms with Gasteiger partial charge in [-0.1, -0.05) is 0 Å². The Morgan fingerprint density at radius 2 is 1.87 bits per heavy atom. The van der Waals surface area contributed by atoms with Crippen LogP contribution in [0, 0.1) is 5.82 Å². The zero-order valence-electron chi connectivity index (χ0n) is 8.02. The first-order chi connectivity index (χ1) is 7.29. The van der Waals surface area contributed by atoms with E-state index in [2.05, 4.69) is 4.98 Å². The average Bonchev–Trinajstić information content (AvgIpc) is 2.30. The number of nitrogens with zero attached hydrogens (tertiary/aromatic N) is 1. The third-order valence-corrected chi connectivity index (χ3v) is 2.15. The van der Waals surface area contributed by atoms with Crippen LogP contribution >= 0.6 is 0 Å². The Morgan fingerprint density at radius 1 is 1.13 bits per heavy atom. The summed E-state index contributed by atoms with van der Waals surface area (Å²) in [6, 6.07) is 9.64. The van der Waals surface area contributed by atoms with Gasteiger partial charge in [-0.2, -0.15) is 0 Å². The maximum absolute atomic E-state index is 12.7. The topological polar surface area (TPSA) is 33.1 Å². The molecule has 2 nitrogen and oxygen atoms in total. The number of aromatic nitrogens is 1. The lowest BCUT2D eigenvalue weighted by Crippen LogP contribution is -1.88. The van der Waals surface area contributed by atoms with Crippen LogP contribution in [0.25, 0.3) is 11.3 Å². The molecule has 2 rings (SSSR count). The van der Waals surface area contributed by atoms with E-state index in [1.165, 1.54) is 12.1 Å². The predicted octanol–water partition coefficient (Wildman–Crippen LogP) is 2.38. The molecule has 1 aromatic heterocycles. The van der Waals surface area contributed by atoms with E-state index >= 15 is 0 Å². The largest absolute Gasteiger partial charge is 0.392 e. The Kier molecular flexibility index (Phi) is 2.74. The summed E-state index contributed by atoms with van der Waals surface area (Å²) < 4.78 is 12.7. The van der Waals surface area contributed by atoms with Gasteiger partial charge in [-0.3, -0.25) is 4.98 Å². The van der Waals surface area contributed by atoms with Crippen molar-refractivity contribution >= 4 is 0 Å². The molecule has 0 aliphatic rings. The van der Waals surface area contributed by atoms with Gasteiger partial charge in [-0.05, 0) is 42.0 Å². The van der Waals surface area contributed by atoms with E-state index < -0.39 is 0 Å². The highest BCUT2D eigenvalue weighted by Crippen LogP contribution is 2.18. The zero-order valence-corrected chi connectivity index (χ0v) is 8.02. The Morgan fingerprint density at radius 3 is 2.53 bits per heavy atom. The molecule has 0 aliphatic heterocycles. The van der Waals surface area contributed by atoms with Crippen LogP contribution in [0.1, 0.15) is 5.56 Å². The van der Waals surface area contributed by atoms with Crippen LogP contribution < -0.4 is 0 Å². The van der Waals surface area contributed by atoms with Crippen molar-refractivity contribution < 1.29 is 9.50 Å². The van der Waals surface area contributed by atoms with Crippen molar-refractivity contribution in [3.8, 4) is 11.3 Å². The molecule has 0 fully saturated rings. The summed E-state index contributed by atoms with van der Waals surface area (Å²) in [4.78, 5) is 4.15. The minimum atomic E-state index is -0.267. The van der Waals surface area contributed by atoms with Gasteiger partial charge in [0, 0.05) is 11.8 Å². The van der Waals surface area contributed by atoms with Crippen molar-refractivity contribution in [3.05, 3.63) is 54.0 Å². The van der Waals surface area contributed by atoms with Gasteiger partial charge in [0.25, 0.3) is 0 Å². The summed E-state index contributed by atoms with van der Waals surface area (Å²) in [7, 11) is 0. The maximum Gasteiger partial charge on any atom is 0.123 e. The summed E-state index contributed by atoms with van der Waals surface area (Å²) in [6.07, 6.45) is 1.63. The summed E-state index contributed by atoms with van der Waals surface area (Å²) in [5.74, 6) is -0.267. The van der Waals surface area contributed by atoms with Crippen LogP contribution in [0.5, 0.6) is 0 Å². The second-order valence-corrected chi connectivity index (χ2v) is 3.21. The summed E-state index contributed by atoms with van der Waals surface area (Å²) in [5.41, 5.74) is 2.37. The Hall–Kier alpha value is -1.74. The first-order valence-electron chi connectivity index (χ1n) is 4.61. The highest BCUT2D eigenvalue weighted by atomic mass is 19.1. The van der Waals surface area contributed by atoms with Crippen molar-refractivity contribution in [2.24, 2.45) is 0 Å². The minimum absolute atomic E-state index is 0.0171. The van der Waals surface area contributed by atoms with Crippen LogP contribution in [-0.2, 0) is 6.61 Å². The van der Waals surface area contributed by atoms with Gasteiger partial charge in [0.2, 0.25) is 0 Å². The van der Waals surface area contributed by atoms with Crippen molar-refractivity contribution in [1.29, 1.82) is 0 Å². The van der Waals surface area contributed by atoms with Crippen molar-refractivity contribution in [1.82, 2.24) is 4.98 Å². The minimum Gasteiger partial charge on any atom is -0.392 e. The quantitative estimate of drug-likeness (QED) is 0.812. The molecule has 1 N–H and O–H groups in total. The monoisotopic (exact) mass is 203 g/mol. The van der Waals surface area contributed by atoms with Crippen molar-refractivity contribution in [2.45, 2.75) is 6.61 Å². The van der Waals surface area contributed by atoms with Crippen LogP contribution in [0.3, 0.4) is 0 Å². The molecule has 0 spiro atoms. The fourth-order valence-corrected chi connectivity index (χ4v) is 1.35. The Labute approximate surface area is 87.0 Å². The molecule has 3 heteroatoms. The third-order valence-electron chi connectivity index (χ3n) is 2.15. The first-order valence-corrected chi connectivity index (χ1v) is 4.61. The van der Waals surface area contributed by atoms with E-state index in [9.17, 15) is 4.39 Å². The smallest absolute Gasteiger partial charge is 0.123 e. The van der Waals surface area contributed by atoms with Crippen LogP contribution in [-0.4, -0.2) is 10.1 Å². The molecule has 0 atom stereocenters. The molecule has 1 aromatic carbocycles. The molecule has 15 heavy (non-hydrogen) atoms. The molecule has 0 unspecified atom stereocenters. The molecule has 0 bridgehead atoms. The molecular weight excluding hydrogens is 193 g/mol. The lowest BCUT2D eigenvalue weighted by atomic mass is 10.1. The molecule has 0 radical (unpaired) electrons. The fraction of sp³-hybridized carbons (Fsp3) is 0.0833. The number of rotatable bonds is 2. The fourth-order valence-electron chi connectivity index (χ4n) is 1.35. The van der Waals surface area contributed by atoms with Crippen LogP contribution in [0.2, 0.25) is 0 Å². The SMILES string of the molecule is OCc1ccnc(-c2ccc(F)cc2)c1. The van der Waals surface area contributed by atoms with E-state index in [1.54, 1.807) is 30.5 Å². The molecule has 0 saturated carbocycles. The Balaban J connectivity index is 2.40. The number of hydrogen-bond acceptors (Lipinski definition) is 2. The van der Waals surface area contributed by atoms with Crippen LogP contribution in [0.15, 0.2) is 42.6 Å². The normalized spacial score (nSPS) is 10.3. The number of halogens is 1. The van der Waals surface area contributed by atoms with E-state index in [1.807, 2.05) is 0 Å². The highest BCUT2D eigenvalue weighted by Gasteiger charge is 2.00. The first kappa shape index (κ1) is 9.80. The van der Waals surface area contributed by atoms with Crippen molar-refractivity contribution in [3.63, 3.8) is 0 Å². The van der Waals surface area contributed by atoms with Gasteiger partial charge in [-0.25, -0.2) is 4.39 Å². The van der Waals surface area contributed by atoms with E-state index in [0.29, 0.717) is 0 Å². The molecule has 0 amide bonds. The molecule has 1 heterocycles. The number of hydrogen-bond donors (Lipinski definition) is 1. The molecular formula is C12H10FNO. The number of aliphatic hydroxyl groups is 1. The van der Waals surface area contributed by atoms with Gasteiger partial charge in [-0.15, -0.1) is 0 Å². The number of aliphatic hydroxyl groups excluding tert-OH is 1. The summed E-state index contributed by atoms with van der Waals surface area (Å²) >= 11 is 0. The highest BCUT2D eigenvalue weighted by molar-refractivity contribution is 5.59. The molecule has 0 saturated heterocycles.